The van der Waals surface area contributed by atoms with Crippen LogP contribution in [0.25, 0.3) is 0 Å². The standard InChI is InChI=1S/C19H19BrN2O3/c20-15-8-4-5-9-16(15)25-17(13-6-2-1-3-7-13)19(24)22-11-10-14(12-22)18(21)23/h1-9,14,17H,10-12H2,(H2,21,23)/t14-,17+/m0/s1. The predicted molar refractivity (Wildman–Crippen MR) is 97.8 cm³/mol. The van der Waals surface area contributed by atoms with Gasteiger partial charge in [-0.3, -0.25) is 9.59 Å². The van der Waals surface area contributed by atoms with Gasteiger partial charge in [-0.1, -0.05) is 42.5 Å². The van der Waals surface area contributed by atoms with Gasteiger partial charge >= 0.3 is 0 Å². The molecule has 2 aromatic rings. The van der Waals surface area contributed by atoms with E-state index in [4.69, 9.17) is 10.5 Å². The van der Waals surface area contributed by atoms with Crippen LogP contribution in [0.15, 0.2) is 59.1 Å². The number of rotatable bonds is 5. The third kappa shape index (κ3) is 4.02. The number of likely N-dealkylation sites (tertiary alicyclic amines) is 1. The Hall–Kier alpha value is -2.34. The SMILES string of the molecule is NC(=O)[C@H]1CCN(C(=O)[C@H](Oc2ccccc2Br)c2ccccc2)C1. The van der Waals surface area contributed by atoms with Crippen LogP contribution in [-0.2, 0) is 9.59 Å². The van der Waals surface area contributed by atoms with E-state index in [0.29, 0.717) is 25.3 Å². The first-order valence-corrected chi connectivity index (χ1v) is 8.90. The normalized spacial score (nSPS) is 18.0. The quantitative estimate of drug-likeness (QED) is 0.835. The van der Waals surface area contributed by atoms with Crippen LogP contribution in [-0.4, -0.2) is 29.8 Å². The maximum Gasteiger partial charge on any atom is 0.268 e. The average Bonchev–Trinajstić information content (AvgIpc) is 3.12. The van der Waals surface area contributed by atoms with Crippen molar-refractivity contribution in [3.63, 3.8) is 0 Å². The Bertz CT molecular complexity index is 766. The van der Waals surface area contributed by atoms with Gasteiger partial charge in [-0.2, -0.15) is 0 Å². The van der Waals surface area contributed by atoms with Crippen LogP contribution in [0.5, 0.6) is 5.75 Å². The minimum absolute atomic E-state index is 0.161. The smallest absolute Gasteiger partial charge is 0.268 e. The van der Waals surface area contributed by atoms with Crippen LogP contribution >= 0.6 is 15.9 Å². The molecule has 1 heterocycles. The number of amides is 2. The topological polar surface area (TPSA) is 72.6 Å². The van der Waals surface area contributed by atoms with Crippen molar-refractivity contribution >= 4 is 27.7 Å². The summed E-state index contributed by atoms with van der Waals surface area (Å²) >= 11 is 3.45. The third-order valence-electron chi connectivity index (χ3n) is 4.31. The molecule has 0 spiro atoms. The van der Waals surface area contributed by atoms with Crippen molar-refractivity contribution in [3.8, 4) is 5.75 Å². The van der Waals surface area contributed by atoms with Crippen LogP contribution in [0.4, 0.5) is 0 Å². The van der Waals surface area contributed by atoms with E-state index in [1.807, 2.05) is 54.6 Å². The third-order valence-corrected chi connectivity index (χ3v) is 4.97. The highest BCUT2D eigenvalue weighted by molar-refractivity contribution is 9.10. The minimum atomic E-state index is -0.772. The second kappa shape index (κ2) is 7.70. The highest BCUT2D eigenvalue weighted by atomic mass is 79.9. The Kier molecular flexibility index (Phi) is 5.38. The molecule has 130 valence electrons. The fourth-order valence-corrected chi connectivity index (χ4v) is 3.29. The van der Waals surface area contributed by atoms with Crippen LogP contribution < -0.4 is 10.5 Å². The van der Waals surface area contributed by atoms with Crippen molar-refractivity contribution < 1.29 is 14.3 Å². The van der Waals surface area contributed by atoms with Crippen LogP contribution in [0.3, 0.4) is 0 Å². The van der Waals surface area contributed by atoms with Gasteiger partial charge in [0.05, 0.1) is 10.4 Å². The van der Waals surface area contributed by atoms with Gasteiger partial charge in [-0.15, -0.1) is 0 Å². The summed E-state index contributed by atoms with van der Waals surface area (Å²) in [6.45, 7) is 0.853. The second-order valence-corrected chi connectivity index (χ2v) is 6.87. The summed E-state index contributed by atoms with van der Waals surface area (Å²) in [5.41, 5.74) is 6.15. The lowest BCUT2D eigenvalue weighted by Crippen LogP contribution is -2.37. The van der Waals surface area contributed by atoms with Gasteiger partial charge in [0.25, 0.3) is 5.91 Å². The molecule has 0 aromatic heterocycles. The number of nitrogens with zero attached hydrogens (tertiary/aromatic N) is 1. The van der Waals surface area contributed by atoms with Gasteiger partial charge in [-0.05, 0) is 34.5 Å². The van der Waals surface area contributed by atoms with E-state index in [9.17, 15) is 9.59 Å². The van der Waals surface area contributed by atoms with E-state index in [2.05, 4.69) is 15.9 Å². The first-order valence-electron chi connectivity index (χ1n) is 8.10. The molecule has 1 aliphatic rings. The van der Waals surface area contributed by atoms with Gasteiger partial charge < -0.3 is 15.4 Å². The molecule has 0 saturated carbocycles. The van der Waals surface area contributed by atoms with Crippen molar-refractivity contribution in [1.82, 2.24) is 4.90 Å². The monoisotopic (exact) mass is 402 g/mol. The Morgan fingerprint density at radius 3 is 2.44 bits per heavy atom. The van der Waals surface area contributed by atoms with E-state index < -0.39 is 6.10 Å². The predicted octanol–water partition coefficient (Wildman–Crippen LogP) is 2.90. The summed E-state index contributed by atoms with van der Waals surface area (Å²) in [5, 5.41) is 0. The van der Waals surface area contributed by atoms with Crippen LogP contribution in [0.1, 0.15) is 18.1 Å². The van der Waals surface area contributed by atoms with Gasteiger partial charge in [0, 0.05) is 18.7 Å². The van der Waals surface area contributed by atoms with Crippen molar-refractivity contribution in [2.24, 2.45) is 11.7 Å². The van der Waals surface area contributed by atoms with Crippen molar-refractivity contribution in [3.05, 3.63) is 64.6 Å². The molecule has 5 nitrogen and oxygen atoms in total. The summed E-state index contributed by atoms with van der Waals surface area (Å²) in [5.74, 6) is -0.219. The number of benzene rings is 2. The molecule has 1 fully saturated rings. The lowest BCUT2D eigenvalue weighted by atomic mass is 10.1. The highest BCUT2D eigenvalue weighted by Crippen LogP contribution is 2.31. The molecular formula is C19H19BrN2O3. The Morgan fingerprint density at radius 1 is 1.12 bits per heavy atom. The number of nitrogens with two attached hydrogens (primary N) is 1. The molecule has 6 heteroatoms. The maximum absolute atomic E-state index is 13.1. The van der Waals surface area contributed by atoms with Gasteiger partial charge in [0.1, 0.15) is 5.75 Å². The van der Waals surface area contributed by atoms with E-state index >= 15 is 0 Å². The lowest BCUT2D eigenvalue weighted by molar-refractivity contribution is -0.138. The average molecular weight is 403 g/mol. The summed E-state index contributed by atoms with van der Waals surface area (Å²) in [7, 11) is 0. The summed E-state index contributed by atoms with van der Waals surface area (Å²) in [4.78, 5) is 26.1. The number of para-hydroxylation sites is 1. The van der Waals surface area contributed by atoms with E-state index in [1.54, 1.807) is 4.90 Å². The van der Waals surface area contributed by atoms with Crippen LogP contribution in [0.2, 0.25) is 0 Å². The number of carbonyl (C=O) groups excluding carboxylic acids is 2. The first kappa shape index (κ1) is 17.5. The molecule has 0 unspecified atom stereocenters. The van der Waals surface area contributed by atoms with E-state index in [0.717, 1.165) is 10.0 Å². The number of hydrogen-bond acceptors (Lipinski definition) is 3. The molecular weight excluding hydrogens is 384 g/mol. The molecule has 0 bridgehead atoms. The first-order chi connectivity index (χ1) is 12.1. The molecule has 25 heavy (non-hydrogen) atoms. The molecule has 2 N–H and O–H groups in total. The molecule has 0 radical (unpaired) electrons. The number of primary amides is 1. The molecule has 2 atom stereocenters. The van der Waals surface area contributed by atoms with E-state index in [1.165, 1.54) is 0 Å². The fraction of sp³-hybridized carbons (Fsp3) is 0.263. The summed E-state index contributed by atoms with van der Waals surface area (Å²) < 4.78 is 6.82. The van der Waals surface area contributed by atoms with Crippen molar-refractivity contribution in [1.29, 1.82) is 0 Å². The zero-order valence-electron chi connectivity index (χ0n) is 13.6. The highest BCUT2D eigenvalue weighted by Gasteiger charge is 2.35. The summed E-state index contributed by atoms with van der Waals surface area (Å²) in [6, 6.07) is 16.8. The van der Waals surface area contributed by atoms with Gasteiger partial charge in [0.2, 0.25) is 12.0 Å². The minimum Gasteiger partial charge on any atom is -0.475 e. The fourth-order valence-electron chi connectivity index (χ4n) is 2.91. The molecule has 0 aliphatic carbocycles. The maximum atomic E-state index is 13.1. The van der Waals surface area contributed by atoms with Gasteiger partial charge in [-0.25, -0.2) is 0 Å². The second-order valence-electron chi connectivity index (χ2n) is 6.01. The number of hydrogen-bond donors (Lipinski definition) is 1. The molecule has 3 rings (SSSR count). The summed E-state index contributed by atoms with van der Waals surface area (Å²) in [6.07, 6.45) is -0.177. The lowest BCUT2D eigenvalue weighted by Gasteiger charge is -2.25. The Balaban J connectivity index is 1.85. The molecule has 1 saturated heterocycles. The zero-order valence-corrected chi connectivity index (χ0v) is 15.2. The van der Waals surface area contributed by atoms with Gasteiger partial charge in [0.15, 0.2) is 0 Å². The molecule has 2 aromatic carbocycles. The number of halogens is 1. The Morgan fingerprint density at radius 2 is 1.80 bits per heavy atom. The largest absolute Gasteiger partial charge is 0.475 e. The van der Waals surface area contributed by atoms with Crippen molar-refractivity contribution in [2.75, 3.05) is 13.1 Å². The van der Waals surface area contributed by atoms with Crippen LogP contribution in [0, 0.1) is 5.92 Å². The molecule has 1 aliphatic heterocycles. The van der Waals surface area contributed by atoms with E-state index in [-0.39, 0.29) is 17.7 Å². The number of carbonyl (C=O) groups is 2. The van der Waals surface area contributed by atoms with Crippen molar-refractivity contribution in [2.45, 2.75) is 12.5 Å². The number of ether oxygens (including phenoxy) is 1. The Labute approximate surface area is 154 Å². The zero-order chi connectivity index (χ0) is 17.8. The molecule has 2 amide bonds.